The Morgan fingerprint density at radius 2 is 1.16 bits per heavy atom. The van der Waals surface area contributed by atoms with E-state index in [9.17, 15) is 0 Å². The molecule has 0 N–H and O–H groups in total. The fraction of sp³-hybridized carbons (Fsp3) is 0.345. The number of benzene rings is 6. The Morgan fingerprint density at radius 3 is 1.84 bits per heavy atom. The van der Waals surface area contributed by atoms with Gasteiger partial charge in [0.15, 0.2) is 0 Å². The third-order valence-electron chi connectivity index (χ3n) is 16.1. The van der Waals surface area contributed by atoms with E-state index in [1.807, 2.05) is 0 Å². The van der Waals surface area contributed by atoms with E-state index in [0.29, 0.717) is 0 Å². The minimum Gasteiger partial charge on any atom is -0.335 e. The summed E-state index contributed by atoms with van der Waals surface area (Å²) in [6.07, 6.45) is 4.91. The number of nitrogens with zero attached hydrogens (tertiary/aromatic N) is 2. The zero-order valence-corrected chi connectivity index (χ0v) is 38.3. The number of aryl methyl sites for hydroxylation is 1. The van der Waals surface area contributed by atoms with E-state index in [-0.39, 0.29) is 33.9 Å². The number of allylic oxidation sites excluding steroid dienone is 1. The average Bonchev–Trinajstić information content (AvgIpc) is 3.59. The highest BCUT2D eigenvalue weighted by Gasteiger charge is 2.62. The third-order valence-corrected chi connectivity index (χ3v) is 16.1. The van der Waals surface area contributed by atoms with Crippen LogP contribution in [0.4, 0.5) is 22.7 Å². The van der Waals surface area contributed by atoms with Gasteiger partial charge in [0.25, 0.3) is 6.71 Å². The molecule has 3 heterocycles. The van der Waals surface area contributed by atoms with Gasteiger partial charge in [0, 0.05) is 39.2 Å². The van der Waals surface area contributed by atoms with Gasteiger partial charge in [-0.2, -0.15) is 0 Å². The number of fused-ring (bicyclic) bond motifs is 8. The summed E-state index contributed by atoms with van der Waals surface area (Å²) in [5.74, 6) is 0. The molecule has 1 fully saturated rings. The van der Waals surface area contributed by atoms with Crippen LogP contribution in [0.2, 0.25) is 0 Å². The van der Waals surface area contributed by atoms with Crippen LogP contribution in [0.15, 0.2) is 127 Å². The van der Waals surface area contributed by atoms with Crippen LogP contribution in [0.1, 0.15) is 128 Å². The van der Waals surface area contributed by atoms with Gasteiger partial charge in [0.1, 0.15) is 0 Å². The van der Waals surface area contributed by atoms with E-state index in [0.717, 1.165) is 0 Å². The number of hydrogen-bond donors (Lipinski definition) is 0. The summed E-state index contributed by atoms with van der Waals surface area (Å²) in [5.41, 5.74) is 24.7. The lowest BCUT2D eigenvalue weighted by Gasteiger charge is -2.53. The monoisotopic (exact) mass is 796 g/mol. The smallest absolute Gasteiger partial charge is 0.252 e. The summed E-state index contributed by atoms with van der Waals surface area (Å²) in [5, 5.41) is 0. The highest BCUT2D eigenvalue weighted by atomic mass is 15.3. The largest absolute Gasteiger partial charge is 0.335 e. The zero-order chi connectivity index (χ0) is 42.6. The normalized spacial score (nSPS) is 21.9. The maximum Gasteiger partial charge on any atom is 0.252 e. The van der Waals surface area contributed by atoms with E-state index < -0.39 is 0 Å². The summed E-state index contributed by atoms with van der Waals surface area (Å²) < 4.78 is 0. The van der Waals surface area contributed by atoms with Gasteiger partial charge in [-0.25, -0.2) is 0 Å². The van der Waals surface area contributed by atoms with Crippen LogP contribution >= 0.6 is 0 Å². The fourth-order valence-electron chi connectivity index (χ4n) is 12.6. The Morgan fingerprint density at radius 1 is 0.557 bits per heavy atom. The fourth-order valence-corrected chi connectivity index (χ4v) is 12.6. The molecule has 0 aromatic heterocycles. The molecule has 2 nitrogen and oxygen atoms in total. The van der Waals surface area contributed by atoms with E-state index in [1.165, 1.54) is 121 Å². The van der Waals surface area contributed by atoms with Crippen molar-refractivity contribution in [3.63, 3.8) is 0 Å². The van der Waals surface area contributed by atoms with E-state index in [1.54, 1.807) is 5.56 Å². The van der Waals surface area contributed by atoms with Crippen LogP contribution < -0.4 is 20.7 Å². The van der Waals surface area contributed by atoms with E-state index in [2.05, 4.69) is 207 Å². The maximum atomic E-state index is 2.89. The summed E-state index contributed by atoms with van der Waals surface area (Å²) in [7, 11) is 0. The van der Waals surface area contributed by atoms with E-state index in [4.69, 9.17) is 0 Å². The average molecular weight is 797 g/mol. The van der Waals surface area contributed by atoms with Crippen LogP contribution in [-0.4, -0.2) is 12.3 Å². The zero-order valence-electron chi connectivity index (χ0n) is 38.3. The Hall–Kier alpha value is -5.28. The van der Waals surface area contributed by atoms with Crippen LogP contribution in [0.25, 0.3) is 27.7 Å². The van der Waals surface area contributed by atoms with Gasteiger partial charge in [0.05, 0.1) is 11.2 Å². The number of anilines is 4. The first-order chi connectivity index (χ1) is 28.9. The molecule has 11 rings (SSSR count). The van der Waals surface area contributed by atoms with Crippen molar-refractivity contribution in [1.29, 1.82) is 0 Å². The Kier molecular flexibility index (Phi) is 8.01. The molecule has 6 aromatic rings. The lowest BCUT2D eigenvalue weighted by molar-refractivity contribution is 0.195. The van der Waals surface area contributed by atoms with Gasteiger partial charge >= 0.3 is 0 Å². The van der Waals surface area contributed by atoms with Crippen LogP contribution in [-0.2, 0) is 21.7 Å². The predicted octanol–water partition coefficient (Wildman–Crippen LogP) is 14.0. The Labute approximate surface area is 365 Å². The third kappa shape index (κ3) is 5.22. The second-order valence-corrected chi connectivity index (χ2v) is 22.2. The standard InChI is InChI=1S/C58H61BN2/c1-36-30-48-51-49(31-36)61-52-45(57(10)28-18-19-29-58(57,61)11)32-39(37-20-14-12-15-21-37)33-46(52)59(51)50-43-35-40(54(2,3)4)24-26-44(43)56(8,9)53(50)60(48)47-27-25-41(55(5,6)7)34-42(47)38-22-16-13-17-23-38/h12-17,20-27,30-35H,18-19,28-29H2,1-11H3. The first-order valence-corrected chi connectivity index (χ1v) is 23.0. The molecule has 2 aliphatic carbocycles. The molecule has 0 spiro atoms. The molecule has 2 atom stereocenters. The van der Waals surface area contributed by atoms with Gasteiger partial charge in [-0.1, -0.05) is 166 Å². The van der Waals surface area contributed by atoms with Gasteiger partial charge < -0.3 is 9.80 Å². The van der Waals surface area contributed by atoms with Crippen molar-refractivity contribution in [3.05, 3.63) is 160 Å². The maximum absolute atomic E-state index is 2.89. The number of hydrogen-bond acceptors (Lipinski definition) is 2. The quantitative estimate of drug-likeness (QED) is 0.165. The first kappa shape index (κ1) is 38.6. The van der Waals surface area contributed by atoms with Crippen molar-refractivity contribution in [2.75, 3.05) is 9.80 Å². The van der Waals surface area contributed by atoms with Crippen LogP contribution in [0.3, 0.4) is 0 Å². The van der Waals surface area contributed by atoms with Crippen molar-refractivity contribution in [2.24, 2.45) is 0 Å². The molecule has 6 aromatic carbocycles. The second-order valence-electron chi connectivity index (χ2n) is 22.2. The lowest BCUT2D eigenvalue weighted by atomic mass is 9.32. The van der Waals surface area contributed by atoms with Gasteiger partial charge in [0.2, 0.25) is 0 Å². The molecule has 306 valence electrons. The van der Waals surface area contributed by atoms with E-state index >= 15 is 0 Å². The van der Waals surface area contributed by atoms with Gasteiger partial charge in [-0.05, 0) is 134 Å². The van der Waals surface area contributed by atoms with Crippen molar-refractivity contribution in [2.45, 2.75) is 129 Å². The topological polar surface area (TPSA) is 6.48 Å². The van der Waals surface area contributed by atoms with Gasteiger partial charge in [-0.15, -0.1) is 0 Å². The minimum absolute atomic E-state index is 0.00390. The molecular weight excluding hydrogens is 735 g/mol. The van der Waals surface area contributed by atoms with Gasteiger partial charge in [-0.3, -0.25) is 0 Å². The molecule has 1 saturated carbocycles. The Balaban J connectivity index is 1.31. The van der Waals surface area contributed by atoms with Crippen molar-refractivity contribution in [3.8, 4) is 22.3 Å². The Bertz CT molecular complexity index is 2850. The predicted molar refractivity (Wildman–Crippen MR) is 262 cm³/mol. The van der Waals surface area contributed by atoms with Crippen molar-refractivity contribution >= 4 is 45.9 Å². The SMILES string of the molecule is Cc1cc2c3c(c1)N1c4c(cc(-c5ccccc5)cc4C4(C)CCCCC14C)B3C1=C(N2c2ccc(C(C)(C)C)cc2-c2ccccc2)C(C)(C)c2ccc(C(C)(C)C)cc21. The van der Waals surface area contributed by atoms with Crippen LogP contribution in [0.5, 0.6) is 0 Å². The molecule has 5 aliphatic rings. The summed E-state index contributed by atoms with van der Waals surface area (Å²) >= 11 is 0. The highest BCUT2D eigenvalue weighted by Crippen LogP contribution is 2.64. The lowest BCUT2D eigenvalue weighted by Crippen LogP contribution is -2.61. The summed E-state index contributed by atoms with van der Waals surface area (Å²) in [4.78, 5) is 5.65. The molecule has 0 bridgehead atoms. The minimum atomic E-state index is -0.275. The molecule has 2 unspecified atom stereocenters. The molecule has 0 amide bonds. The molecule has 61 heavy (non-hydrogen) atoms. The molecule has 0 saturated heterocycles. The van der Waals surface area contributed by atoms with Crippen molar-refractivity contribution < 1.29 is 0 Å². The molecule has 3 heteroatoms. The first-order valence-electron chi connectivity index (χ1n) is 23.0. The van der Waals surface area contributed by atoms with Crippen molar-refractivity contribution in [1.82, 2.24) is 0 Å². The highest BCUT2D eigenvalue weighted by molar-refractivity contribution is 7.03. The molecular formula is C58H61BN2. The molecule has 0 radical (unpaired) electrons. The second kappa shape index (κ2) is 12.7. The summed E-state index contributed by atoms with van der Waals surface area (Å²) in [6, 6.07) is 47.6. The van der Waals surface area contributed by atoms with Crippen LogP contribution in [0, 0.1) is 6.92 Å². The summed E-state index contributed by atoms with van der Waals surface area (Å²) in [6.45, 7) is 26.8. The number of rotatable bonds is 3. The molecule has 3 aliphatic heterocycles.